The number of aromatic carboxylic acids is 1. The maximum Gasteiger partial charge on any atom is 0.353 e. The molecule has 4 aromatic rings. The Labute approximate surface area is 200 Å². The number of carbonyl (C=O) groups is 2. The van der Waals surface area contributed by atoms with Gasteiger partial charge in [0.1, 0.15) is 17.6 Å². The summed E-state index contributed by atoms with van der Waals surface area (Å²) < 4.78 is 28.0. The van der Waals surface area contributed by atoms with Crippen LogP contribution in [0.15, 0.2) is 71.6 Å². The molecular formula is C24H21N5O5S. The average Bonchev–Trinajstić information content (AvgIpc) is 3.50. The van der Waals surface area contributed by atoms with Crippen LogP contribution in [-0.4, -0.2) is 51.9 Å². The van der Waals surface area contributed by atoms with E-state index in [0.29, 0.717) is 24.9 Å². The van der Waals surface area contributed by atoms with Gasteiger partial charge in [-0.15, -0.1) is 0 Å². The third-order valence-electron chi connectivity index (χ3n) is 5.98. The normalized spacial score (nSPS) is 16.0. The number of nitrogens with two attached hydrogens (primary N) is 1. The maximum absolute atomic E-state index is 13.6. The lowest BCUT2D eigenvalue weighted by atomic mass is 10.2. The van der Waals surface area contributed by atoms with Crippen molar-refractivity contribution in [2.24, 2.45) is 5.73 Å². The highest BCUT2D eigenvalue weighted by Gasteiger charge is 2.35. The highest BCUT2D eigenvalue weighted by molar-refractivity contribution is 7.90. The van der Waals surface area contributed by atoms with E-state index in [1.165, 1.54) is 18.2 Å². The van der Waals surface area contributed by atoms with Crippen LogP contribution in [-0.2, 0) is 14.8 Å². The molecule has 1 aliphatic rings. The zero-order chi connectivity index (χ0) is 24.7. The van der Waals surface area contributed by atoms with Gasteiger partial charge >= 0.3 is 5.97 Å². The molecule has 5 rings (SSSR count). The molecular weight excluding hydrogens is 470 g/mol. The SMILES string of the molecule is NC(=O)[C@@H]1CCCN1c1nc(-c2ccccc2)nc2c1cc(C(=O)O)n2S(=O)(=O)c1ccccc1. The molecule has 1 aliphatic heterocycles. The smallest absolute Gasteiger partial charge is 0.353 e. The summed E-state index contributed by atoms with van der Waals surface area (Å²) in [6, 6.07) is 17.0. The monoisotopic (exact) mass is 491 g/mol. The molecule has 2 aromatic carbocycles. The molecule has 1 saturated heterocycles. The van der Waals surface area contributed by atoms with Crippen LogP contribution in [0.3, 0.4) is 0 Å². The fourth-order valence-corrected chi connectivity index (χ4v) is 5.85. The molecule has 10 nitrogen and oxygen atoms in total. The van der Waals surface area contributed by atoms with Crippen LogP contribution in [0.25, 0.3) is 22.4 Å². The first kappa shape index (κ1) is 22.5. The molecule has 2 aromatic heterocycles. The van der Waals surface area contributed by atoms with Crippen molar-refractivity contribution in [1.82, 2.24) is 13.9 Å². The number of hydrogen-bond acceptors (Lipinski definition) is 7. The fraction of sp³-hybridized carbons (Fsp3) is 0.167. The van der Waals surface area contributed by atoms with Crippen molar-refractivity contribution in [2.45, 2.75) is 23.8 Å². The number of carbonyl (C=O) groups excluding carboxylic acids is 1. The molecule has 1 amide bonds. The summed E-state index contributed by atoms with van der Waals surface area (Å²) >= 11 is 0. The minimum atomic E-state index is -4.33. The molecule has 0 spiro atoms. The van der Waals surface area contributed by atoms with E-state index in [0.717, 1.165) is 3.97 Å². The molecule has 1 atom stereocenters. The molecule has 11 heteroatoms. The van der Waals surface area contributed by atoms with Crippen LogP contribution in [0.2, 0.25) is 0 Å². The number of primary amides is 1. The van der Waals surface area contributed by atoms with Gasteiger partial charge in [-0.05, 0) is 31.0 Å². The summed E-state index contributed by atoms with van der Waals surface area (Å²) in [6.07, 6.45) is 1.19. The molecule has 0 bridgehead atoms. The molecule has 178 valence electrons. The van der Waals surface area contributed by atoms with E-state index in [1.54, 1.807) is 47.4 Å². The van der Waals surface area contributed by atoms with Gasteiger partial charge < -0.3 is 15.7 Å². The lowest BCUT2D eigenvalue weighted by molar-refractivity contribution is -0.119. The third-order valence-corrected chi connectivity index (χ3v) is 7.70. The molecule has 1 fully saturated rings. The second-order valence-electron chi connectivity index (χ2n) is 8.15. The molecule has 3 N–H and O–H groups in total. The average molecular weight is 492 g/mol. The van der Waals surface area contributed by atoms with E-state index >= 15 is 0 Å². The van der Waals surface area contributed by atoms with E-state index in [4.69, 9.17) is 5.73 Å². The van der Waals surface area contributed by atoms with Gasteiger partial charge in [0.2, 0.25) is 5.91 Å². The van der Waals surface area contributed by atoms with Crippen LogP contribution in [0.4, 0.5) is 5.82 Å². The highest BCUT2D eigenvalue weighted by Crippen LogP contribution is 2.35. The molecule has 0 saturated carbocycles. The number of benzene rings is 2. The van der Waals surface area contributed by atoms with Crippen molar-refractivity contribution in [3.8, 4) is 11.4 Å². The van der Waals surface area contributed by atoms with Crippen LogP contribution in [0.5, 0.6) is 0 Å². The van der Waals surface area contributed by atoms with Crippen molar-refractivity contribution >= 4 is 38.8 Å². The lowest BCUT2D eigenvalue weighted by Crippen LogP contribution is -2.40. The quantitative estimate of drug-likeness (QED) is 0.418. The maximum atomic E-state index is 13.6. The van der Waals surface area contributed by atoms with Gasteiger partial charge in [-0.25, -0.2) is 27.2 Å². The minimum Gasteiger partial charge on any atom is -0.477 e. The largest absolute Gasteiger partial charge is 0.477 e. The number of anilines is 1. The van der Waals surface area contributed by atoms with Crippen LogP contribution < -0.4 is 10.6 Å². The zero-order valence-corrected chi connectivity index (χ0v) is 19.2. The Morgan fingerprint density at radius 3 is 2.29 bits per heavy atom. The Morgan fingerprint density at radius 2 is 1.66 bits per heavy atom. The predicted octanol–water partition coefficient (Wildman–Crippen LogP) is 2.49. The minimum absolute atomic E-state index is 0.0855. The van der Waals surface area contributed by atoms with E-state index in [1.807, 2.05) is 6.07 Å². The summed E-state index contributed by atoms with van der Waals surface area (Å²) in [7, 11) is -4.33. The van der Waals surface area contributed by atoms with Gasteiger partial charge in [0.15, 0.2) is 11.5 Å². The Bertz CT molecular complexity index is 1550. The molecule has 3 heterocycles. The first-order valence-corrected chi connectivity index (χ1v) is 12.3. The number of fused-ring (bicyclic) bond motifs is 1. The van der Waals surface area contributed by atoms with E-state index in [9.17, 15) is 23.1 Å². The van der Waals surface area contributed by atoms with Crippen molar-refractivity contribution in [3.63, 3.8) is 0 Å². The molecule has 0 unspecified atom stereocenters. The third kappa shape index (κ3) is 3.79. The summed E-state index contributed by atoms with van der Waals surface area (Å²) in [5.41, 5.74) is 5.65. The second-order valence-corrected chi connectivity index (χ2v) is 9.93. The molecule has 0 radical (unpaired) electrons. The standard InChI is InChI=1S/C24H21N5O5S/c25-20(30)18-12-7-13-28(18)22-17-14-19(24(31)32)29(35(33,34)16-10-5-2-6-11-16)23(17)27-21(26-22)15-8-3-1-4-9-15/h1-6,8-11,14,18H,7,12-13H2,(H2,25,30)(H,31,32)/t18-/m0/s1. The van der Waals surface area contributed by atoms with Gasteiger partial charge in [0.05, 0.1) is 10.3 Å². The predicted molar refractivity (Wildman–Crippen MR) is 129 cm³/mol. The van der Waals surface area contributed by atoms with Crippen molar-refractivity contribution in [3.05, 3.63) is 72.4 Å². The van der Waals surface area contributed by atoms with Gasteiger partial charge in [0, 0.05) is 12.1 Å². The van der Waals surface area contributed by atoms with Gasteiger partial charge in [-0.2, -0.15) is 0 Å². The van der Waals surface area contributed by atoms with Gasteiger partial charge in [-0.3, -0.25) is 4.79 Å². The van der Waals surface area contributed by atoms with Crippen molar-refractivity contribution in [2.75, 3.05) is 11.4 Å². The Kier molecular flexibility index (Phi) is 5.48. The number of carboxylic acid groups (broad SMARTS) is 1. The van der Waals surface area contributed by atoms with E-state index < -0.39 is 33.6 Å². The Hall–Kier alpha value is -4.25. The fourth-order valence-electron chi connectivity index (χ4n) is 4.38. The van der Waals surface area contributed by atoms with Crippen molar-refractivity contribution in [1.29, 1.82) is 0 Å². The number of carboxylic acids is 1. The number of amides is 1. The first-order chi connectivity index (χ1) is 16.8. The van der Waals surface area contributed by atoms with E-state index in [2.05, 4.69) is 9.97 Å². The summed E-state index contributed by atoms with van der Waals surface area (Å²) in [6.45, 7) is 0.451. The summed E-state index contributed by atoms with van der Waals surface area (Å²) in [4.78, 5) is 35.1. The number of aromatic nitrogens is 3. The summed E-state index contributed by atoms with van der Waals surface area (Å²) in [5, 5.41) is 10.1. The number of rotatable bonds is 6. The Morgan fingerprint density at radius 1 is 1.00 bits per heavy atom. The van der Waals surface area contributed by atoms with E-state index in [-0.39, 0.29) is 27.6 Å². The molecule has 0 aliphatic carbocycles. The Balaban J connectivity index is 1.87. The lowest BCUT2D eigenvalue weighted by Gasteiger charge is -2.24. The summed E-state index contributed by atoms with van der Waals surface area (Å²) in [5.74, 6) is -1.52. The van der Waals surface area contributed by atoms with Crippen LogP contribution in [0.1, 0.15) is 23.3 Å². The second kappa shape index (κ2) is 8.51. The van der Waals surface area contributed by atoms with Gasteiger partial charge in [0.25, 0.3) is 10.0 Å². The van der Waals surface area contributed by atoms with Gasteiger partial charge in [-0.1, -0.05) is 48.5 Å². The number of nitrogens with zero attached hydrogens (tertiary/aromatic N) is 4. The van der Waals surface area contributed by atoms with Crippen molar-refractivity contribution < 1.29 is 23.1 Å². The molecule has 35 heavy (non-hydrogen) atoms. The topological polar surface area (TPSA) is 148 Å². The highest BCUT2D eigenvalue weighted by atomic mass is 32.2. The van der Waals surface area contributed by atoms with Crippen LogP contribution in [0, 0.1) is 0 Å². The number of hydrogen-bond donors (Lipinski definition) is 2. The first-order valence-electron chi connectivity index (χ1n) is 10.9. The van der Waals surface area contributed by atoms with Crippen LogP contribution >= 0.6 is 0 Å². The zero-order valence-electron chi connectivity index (χ0n) is 18.4.